The van der Waals surface area contributed by atoms with Crippen molar-refractivity contribution in [2.24, 2.45) is 0 Å². The van der Waals surface area contributed by atoms with Crippen LogP contribution in [0.1, 0.15) is 12.1 Å². The van der Waals surface area contributed by atoms with Crippen LogP contribution in [0.2, 0.25) is 0 Å². The normalized spacial score (nSPS) is 10.8. The Morgan fingerprint density at radius 3 is 3.05 bits per heavy atom. The van der Waals surface area contributed by atoms with E-state index < -0.39 is 0 Å². The number of benzene rings is 1. The summed E-state index contributed by atoms with van der Waals surface area (Å²) in [5.41, 5.74) is 2.89. The van der Waals surface area contributed by atoms with Crippen LogP contribution < -0.4 is 5.32 Å². The number of nitrogens with one attached hydrogen (secondary N) is 2. The zero-order valence-corrected chi connectivity index (χ0v) is 10.9. The first kappa shape index (κ1) is 12.4. The minimum Gasteiger partial charge on any atom is -0.350 e. The van der Waals surface area contributed by atoms with Crippen LogP contribution in [0.15, 0.2) is 42.9 Å². The first-order valence-corrected chi connectivity index (χ1v) is 6.48. The molecule has 6 heteroatoms. The second-order valence-corrected chi connectivity index (χ2v) is 4.54. The highest BCUT2D eigenvalue weighted by Crippen LogP contribution is 2.11. The van der Waals surface area contributed by atoms with Gasteiger partial charge in [0, 0.05) is 19.2 Å². The van der Waals surface area contributed by atoms with Crippen LogP contribution in [0.3, 0.4) is 0 Å². The van der Waals surface area contributed by atoms with Gasteiger partial charge in [-0.3, -0.25) is 9.89 Å². The topological polar surface area (TPSA) is 75.6 Å². The standard InChI is InChI=1S/C14H15N5O/c20-14(15-9-11-5-7-17-18-11)6-8-19-10-16-12-3-1-2-4-13(12)19/h1-5,7,10H,6,8-9H2,(H,15,20)(H,17,18). The number of para-hydroxylation sites is 2. The minimum atomic E-state index is 0.0115. The zero-order valence-electron chi connectivity index (χ0n) is 10.9. The first-order chi connectivity index (χ1) is 9.83. The van der Waals surface area contributed by atoms with Gasteiger partial charge >= 0.3 is 0 Å². The maximum Gasteiger partial charge on any atom is 0.222 e. The van der Waals surface area contributed by atoms with E-state index in [4.69, 9.17) is 0 Å². The fraction of sp³-hybridized carbons (Fsp3) is 0.214. The molecule has 0 atom stereocenters. The summed E-state index contributed by atoms with van der Waals surface area (Å²) in [6.07, 6.45) is 3.86. The number of aromatic nitrogens is 4. The second-order valence-electron chi connectivity index (χ2n) is 4.54. The lowest BCUT2D eigenvalue weighted by molar-refractivity contribution is -0.121. The average Bonchev–Trinajstić information content (AvgIpc) is 3.12. The summed E-state index contributed by atoms with van der Waals surface area (Å²) in [5.74, 6) is 0.0115. The quantitative estimate of drug-likeness (QED) is 0.736. The van der Waals surface area contributed by atoms with E-state index in [-0.39, 0.29) is 5.91 Å². The Bertz CT molecular complexity index is 701. The van der Waals surface area contributed by atoms with Crippen LogP contribution in [0, 0.1) is 0 Å². The molecule has 3 aromatic rings. The lowest BCUT2D eigenvalue weighted by atomic mass is 10.3. The first-order valence-electron chi connectivity index (χ1n) is 6.48. The number of aryl methyl sites for hydroxylation is 1. The van der Waals surface area contributed by atoms with Crippen molar-refractivity contribution in [3.8, 4) is 0 Å². The maximum absolute atomic E-state index is 11.8. The summed E-state index contributed by atoms with van der Waals surface area (Å²) in [4.78, 5) is 16.1. The predicted molar refractivity (Wildman–Crippen MR) is 74.8 cm³/mol. The Morgan fingerprint density at radius 2 is 2.20 bits per heavy atom. The molecule has 0 aliphatic rings. The third-order valence-corrected chi connectivity index (χ3v) is 3.14. The fourth-order valence-corrected chi connectivity index (χ4v) is 2.08. The van der Waals surface area contributed by atoms with Crippen molar-refractivity contribution in [3.63, 3.8) is 0 Å². The van der Waals surface area contributed by atoms with Gasteiger partial charge in [-0.1, -0.05) is 12.1 Å². The van der Waals surface area contributed by atoms with E-state index in [1.165, 1.54) is 0 Å². The van der Waals surface area contributed by atoms with Gasteiger partial charge in [0.25, 0.3) is 0 Å². The molecule has 0 fully saturated rings. The third-order valence-electron chi connectivity index (χ3n) is 3.14. The number of carbonyl (C=O) groups excluding carboxylic acids is 1. The number of hydrogen-bond acceptors (Lipinski definition) is 3. The van der Waals surface area contributed by atoms with E-state index in [9.17, 15) is 4.79 Å². The van der Waals surface area contributed by atoms with Gasteiger partial charge < -0.3 is 9.88 Å². The van der Waals surface area contributed by atoms with E-state index in [0.29, 0.717) is 19.5 Å². The molecule has 1 aromatic carbocycles. The molecular formula is C14H15N5O. The lowest BCUT2D eigenvalue weighted by Gasteiger charge is -2.05. The van der Waals surface area contributed by atoms with E-state index >= 15 is 0 Å². The molecule has 0 saturated carbocycles. The molecule has 1 amide bonds. The molecule has 0 spiro atoms. The van der Waals surface area contributed by atoms with Gasteiger partial charge in [-0.2, -0.15) is 5.10 Å². The molecule has 2 aromatic heterocycles. The summed E-state index contributed by atoms with van der Waals surface area (Å²) < 4.78 is 1.99. The number of rotatable bonds is 5. The van der Waals surface area contributed by atoms with E-state index in [2.05, 4.69) is 20.5 Å². The van der Waals surface area contributed by atoms with Crippen LogP contribution in [-0.4, -0.2) is 25.7 Å². The van der Waals surface area contributed by atoms with Crippen molar-refractivity contribution < 1.29 is 4.79 Å². The highest BCUT2D eigenvalue weighted by atomic mass is 16.1. The highest BCUT2D eigenvalue weighted by Gasteiger charge is 2.05. The van der Waals surface area contributed by atoms with Gasteiger partial charge in [0.15, 0.2) is 0 Å². The van der Waals surface area contributed by atoms with Crippen LogP contribution in [-0.2, 0) is 17.9 Å². The summed E-state index contributed by atoms with van der Waals surface area (Å²) in [5, 5.41) is 9.49. The van der Waals surface area contributed by atoms with Gasteiger partial charge in [0.2, 0.25) is 5.91 Å². The fourth-order valence-electron chi connectivity index (χ4n) is 2.08. The minimum absolute atomic E-state index is 0.0115. The smallest absolute Gasteiger partial charge is 0.222 e. The van der Waals surface area contributed by atoms with E-state index in [1.807, 2.05) is 34.9 Å². The molecule has 2 heterocycles. The van der Waals surface area contributed by atoms with Crippen LogP contribution in [0.25, 0.3) is 11.0 Å². The van der Waals surface area contributed by atoms with Crippen molar-refractivity contribution in [1.29, 1.82) is 0 Å². The number of imidazole rings is 1. The predicted octanol–water partition coefficient (Wildman–Crippen LogP) is 1.47. The van der Waals surface area contributed by atoms with Gasteiger partial charge in [-0.25, -0.2) is 4.98 Å². The average molecular weight is 269 g/mol. The number of amides is 1. The largest absolute Gasteiger partial charge is 0.350 e. The van der Waals surface area contributed by atoms with Crippen LogP contribution in [0.4, 0.5) is 0 Å². The van der Waals surface area contributed by atoms with Crippen LogP contribution in [0.5, 0.6) is 0 Å². The molecular weight excluding hydrogens is 254 g/mol. The molecule has 0 unspecified atom stereocenters. The summed E-state index contributed by atoms with van der Waals surface area (Å²) in [6, 6.07) is 9.73. The van der Waals surface area contributed by atoms with E-state index in [1.54, 1.807) is 12.5 Å². The number of H-pyrrole nitrogens is 1. The number of aromatic amines is 1. The Morgan fingerprint density at radius 1 is 1.30 bits per heavy atom. The molecule has 20 heavy (non-hydrogen) atoms. The van der Waals surface area contributed by atoms with Crippen molar-refractivity contribution in [2.75, 3.05) is 0 Å². The number of nitrogens with zero attached hydrogens (tertiary/aromatic N) is 3. The van der Waals surface area contributed by atoms with Crippen LogP contribution >= 0.6 is 0 Å². The molecule has 102 valence electrons. The van der Waals surface area contributed by atoms with Gasteiger partial charge in [-0.05, 0) is 18.2 Å². The molecule has 3 rings (SSSR count). The highest BCUT2D eigenvalue weighted by molar-refractivity contribution is 5.77. The van der Waals surface area contributed by atoms with Crippen molar-refractivity contribution in [2.45, 2.75) is 19.5 Å². The SMILES string of the molecule is O=C(CCn1cnc2ccccc21)NCc1ccn[nH]1. The number of hydrogen-bond donors (Lipinski definition) is 2. The Kier molecular flexibility index (Phi) is 3.45. The van der Waals surface area contributed by atoms with Crippen molar-refractivity contribution >= 4 is 16.9 Å². The Hall–Kier alpha value is -2.63. The molecule has 0 aliphatic carbocycles. The van der Waals surface area contributed by atoms with Crippen molar-refractivity contribution in [3.05, 3.63) is 48.5 Å². The summed E-state index contributed by atoms with van der Waals surface area (Å²) >= 11 is 0. The monoisotopic (exact) mass is 269 g/mol. The van der Waals surface area contributed by atoms with E-state index in [0.717, 1.165) is 16.7 Å². The summed E-state index contributed by atoms with van der Waals surface area (Å²) in [7, 11) is 0. The molecule has 6 nitrogen and oxygen atoms in total. The molecule has 0 saturated heterocycles. The number of fused-ring (bicyclic) bond motifs is 1. The Labute approximate surface area is 115 Å². The van der Waals surface area contributed by atoms with Gasteiger partial charge in [-0.15, -0.1) is 0 Å². The second kappa shape index (κ2) is 5.56. The molecule has 0 radical (unpaired) electrons. The molecule has 2 N–H and O–H groups in total. The third kappa shape index (κ3) is 2.69. The van der Waals surface area contributed by atoms with Gasteiger partial charge in [0.05, 0.1) is 29.6 Å². The lowest BCUT2D eigenvalue weighted by Crippen LogP contribution is -2.24. The Balaban J connectivity index is 1.55. The maximum atomic E-state index is 11.8. The zero-order chi connectivity index (χ0) is 13.8. The van der Waals surface area contributed by atoms with Gasteiger partial charge in [0.1, 0.15) is 0 Å². The molecule has 0 bridgehead atoms. The number of carbonyl (C=O) groups is 1. The summed E-state index contributed by atoms with van der Waals surface area (Å²) in [6.45, 7) is 1.10. The van der Waals surface area contributed by atoms with Crippen molar-refractivity contribution in [1.82, 2.24) is 25.1 Å². The molecule has 0 aliphatic heterocycles.